The number of ether oxygens (including phenoxy) is 1. The first-order valence-electron chi connectivity index (χ1n) is 5.35. The Morgan fingerprint density at radius 1 is 1.39 bits per heavy atom. The summed E-state index contributed by atoms with van der Waals surface area (Å²) in [6, 6.07) is 5.67. The molecule has 5 nitrogen and oxygen atoms in total. The number of rotatable bonds is 5. The lowest BCUT2D eigenvalue weighted by molar-refractivity contribution is -0.142. The predicted octanol–water partition coefficient (Wildman–Crippen LogP) is 1.70. The minimum atomic E-state index is -1.10. The fourth-order valence-corrected chi connectivity index (χ4v) is 1.37. The molecule has 0 fully saturated rings. The normalized spacial score (nSPS) is 13.5. The van der Waals surface area contributed by atoms with Crippen LogP contribution < -0.4 is 10.1 Å². The number of amides is 1. The molecular weight excluding hydrogens is 258 g/mol. The number of hydrogen-bond donors (Lipinski definition) is 2. The molecule has 0 spiro atoms. The Kier molecular flexibility index (Phi) is 4.97. The molecule has 2 unspecified atom stereocenters. The lowest BCUT2D eigenvalue weighted by Crippen LogP contribution is -2.44. The second-order valence-corrected chi connectivity index (χ2v) is 4.22. The monoisotopic (exact) mass is 271 g/mol. The average Bonchev–Trinajstić information content (AvgIpc) is 2.28. The minimum absolute atomic E-state index is 0.452. The zero-order valence-corrected chi connectivity index (χ0v) is 10.8. The van der Waals surface area contributed by atoms with Crippen molar-refractivity contribution in [2.75, 3.05) is 0 Å². The first kappa shape index (κ1) is 14.3. The molecule has 0 aliphatic heterocycles. The van der Waals surface area contributed by atoms with Gasteiger partial charge in [0.2, 0.25) is 0 Å². The third kappa shape index (κ3) is 4.25. The van der Waals surface area contributed by atoms with Crippen molar-refractivity contribution >= 4 is 23.5 Å². The van der Waals surface area contributed by atoms with Gasteiger partial charge in [0.15, 0.2) is 6.10 Å². The average molecular weight is 272 g/mol. The number of hydrogen-bond acceptors (Lipinski definition) is 3. The van der Waals surface area contributed by atoms with E-state index in [1.54, 1.807) is 24.3 Å². The van der Waals surface area contributed by atoms with Crippen molar-refractivity contribution in [1.29, 1.82) is 0 Å². The molecule has 1 aromatic carbocycles. The highest BCUT2D eigenvalue weighted by molar-refractivity contribution is 6.30. The van der Waals surface area contributed by atoms with Crippen molar-refractivity contribution in [3.8, 4) is 5.75 Å². The standard InChI is InChI=1S/C12H14ClNO4/c1-7(12(16)17)14-11(15)8(2)18-10-5-3-4-9(13)6-10/h3-8H,1-2H3,(H,14,15)(H,16,17). The molecule has 18 heavy (non-hydrogen) atoms. The summed E-state index contributed by atoms with van der Waals surface area (Å²) in [6.45, 7) is 2.91. The maximum atomic E-state index is 11.6. The highest BCUT2D eigenvalue weighted by atomic mass is 35.5. The van der Waals surface area contributed by atoms with Crippen molar-refractivity contribution in [2.45, 2.75) is 26.0 Å². The van der Waals surface area contributed by atoms with Crippen LogP contribution in [0.15, 0.2) is 24.3 Å². The summed E-state index contributed by atoms with van der Waals surface area (Å²) in [5.41, 5.74) is 0. The van der Waals surface area contributed by atoms with Crippen LogP contribution in [0.5, 0.6) is 5.75 Å². The number of carbonyl (C=O) groups excluding carboxylic acids is 1. The van der Waals surface area contributed by atoms with Gasteiger partial charge in [0.1, 0.15) is 11.8 Å². The van der Waals surface area contributed by atoms with Gasteiger partial charge in [0.25, 0.3) is 5.91 Å². The molecule has 0 saturated heterocycles. The van der Waals surface area contributed by atoms with Crippen LogP contribution in [0, 0.1) is 0 Å². The van der Waals surface area contributed by atoms with E-state index in [1.165, 1.54) is 13.8 Å². The van der Waals surface area contributed by atoms with Crippen LogP contribution in [0.3, 0.4) is 0 Å². The quantitative estimate of drug-likeness (QED) is 0.855. The lowest BCUT2D eigenvalue weighted by atomic mass is 10.3. The Bertz CT molecular complexity index is 449. The van der Waals surface area contributed by atoms with E-state index in [9.17, 15) is 9.59 Å². The van der Waals surface area contributed by atoms with Crippen molar-refractivity contribution in [2.24, 2.45) is 0 Å². The molecule has 0 heterocycles. The van der Waals surface area contributed by atoms with E-state index in [0.717, 1.165) is 0 Å². The summed E-state index contributed by atoms with van der Waals surface area (Å²) in [6.07, 6.45) is -0.801. The Balaban J connectivity index is 2.57. The molecule has 1 amide bonds. The van der Waals surface area contributed by atoms with E-state index < -0.39 is 24.0 Å². The topological polar surface area (TPSA) is 75.6 Å². The Morgan fingerprint density at radius 2 is 2.06 bits per heavy atom. The van der Waals surface area contributed by atoms with Gasteiger partial charge in [-0.3, -0.25) is 9.59 Å². The van der Waals surface area contributed by atoms with Gasteiger partial charge in [-0.05, 0) is 32.0 Å². The molecule has 1 rings (SSSR count). The van der Waals surface area contributed by atoms with Gasteiger partial charge in [-0.2, -0.15) is 0 Å². The van der Waals surface area contributed by atoms with Crippen molar-refractivity contribution in [3.63, 3.8) is 0 Å². The molecule has 0 aromatic heterocycles. The molecule has 0 aliphatic rings. The number of aliphatic carboxylic acids is 1. The molecule has 0 saturated carbocycles. The van der Waals surface area contributed by atoms with Gasteiger partial charge in [-0.25, -0.2) is 0 Å². The van der Waals surface area contributed by atoms with Crippen molar-refractivity contribution in [1.82, 2.24) is 5.32 Å². The number of carbonyl (C=O) groups is 2. The molecule has 6 heteroatoms. The van der Waals surface area contributed by atoms with Gasteiger partial charge in [0.05, 0.1) is 0 Å². The Hall–Kier alpha value is -1.75. The zero-order valence-electron chi connectivity index (χ0n) is 10.0. The number of benzene rings is 1. The van der Waals surface area contributed by atoms with Gasteiger partial charge in [-0.15, -0.1) is 0 Å². The third-order valence-corrected chi connectivity index (χ3v) is 2.44. The summed E-state index contributed by atoms with van der Waals surface area (Å²) in [7, 11) is 0. The van der Waals surface area contributed by atoms with Crippen LogP contribution in [0.1, 0.15) is 13.8 Å². The van der Waals surface area contributed by atoms with E-state index in [4.69, 9.17) is 21.4 Å². The molecule has 0 bridgehead atoms. The van der Waals surface area contributed by atoms with Gasteiger partial charge in [0, 0.05) is 5.02 Å². The van der Waals surface area contributed by atoms with Crippen LogP contribution in [-0.2, 0) is 9.59 Å². The highest BCUT2D eigenvalue weighted by Gasteiger charge is 2.20. The smallest absolute Gasteiger partial charge is 0.325 e. The van der Waals surface area contributed by atoms with E-state index in [1.807, 2.05) is 0 Å². The third-order valence-electron chi connectivity index (χ3n) is 2.21. The molecule has 0 aliphatic carbocycles. The molecule has 98 valence electrons. The first-order valence-corrected chi connectivity index (χ1v) is 5.73. The fraction of sp³-hybridized carbons (Fsp3) is 0.333. The van der Waals surface area contributed by atoms with Crippen LogP contribution in [0.4, 0.5) is 0 Å². The van der Waals surface area contributed by atoms with Crippen molar-refractivity contribution in [3.05, 3.63) is 29.3 Å². The predicted molar refractivity (Wildman–Crippen MR) is 66.8 cm³/mol. The molecule has 2 N–H and O–H groups in total. The largest absolute Gasteiger partial charge is 0.481 e. The molecular formula is C12H14ClNO4. The van der Waals surface area contributed by atoms with Gasteiger partial charge in [-0.1, -0.05) is 17.7 Å². The summed E-state index contributed by atoms with van der Waals surface area (Å²) in [5, 5.41) is 11.5. The van der Waals surface area contributed by atoms with Gasteiger partial charge >= 0.3 is 5.97 Å². The lowest BCUT2D eigenvalue weighted by Gasteiger charge is -2.16. The Morgan fingerprint density at radius 3 is 2.61 bits per heavy atom. The number of carboxylic acids is 1. The van der Waals surface area contributed by atoms with Crippen LogP contribution in [0.2, 0.25) is 5.02 Å². The van der Waals surface area contributed by atoms with Crippen LogP contribution in [-0.4, -0.2) is 29.1 Å². The second kappa shape index (κ2) is 6.26. The maximum absolute atomic E-state index is 11.6. The minimum Gasteiger partial charge on any atom is -0.481 e. The number of nitrogens with one attached hydrogen (secondary N) is 1. The second-order valence-electron chi connectivity index (χ2n) is 3.79. The van der Waals surface area contributed by atoms with E-state index in [2.05, 4.69) is 5.32 Å². The maximum Gasteiger partial charge on any atom is 0.325 e. The first-order chi connectivity index (χ1) is 8.40. The zero-order chi connectivity index (χ0) is 13.7. The fourth-order valence-electron chi connectivity index (χ4n) is 1.19. The highest BCUT2D eigenvalue weighted by Crippen LogP contribution is 2.18. The summed E-state index contributed by atoms with van der Waals surface area (Å²) < 4.78 is 5.35. The van der Waals surface area contributed by atoms with Gasteiger partial charge < -0.3 is 15.2 Å². The van der Waals surface area contributed by atoms with Crippen molar-refractivity contribution < 1.29 is 19.4 Å². The van der Waals surface area contributed by atoms with E-state index in [0.29, 0.717) is 10.8 Å². The molecule has 0 radical (unpaired) electrons. The Labute approximate surface area is 110 Å². The van der Waals surface area contributed by atoms with Crippen LogP contribution >= 0.6 is 11.6 Å². The summed E-state index contributed by atoms with van der Waals surface area (Å²) in [5.74, 6) is -1.14. The summed E-state index contributed by atoms with van der Waals surface area (Å²) in [4.78, 5) is 22.2. The van der Waals surface area contributed by atoms with Crippen LogP contribution in [0.25, 0.3) is 0 Å². The molecule has 2 atom stereocenters. The summed E-state index contributed by atoms with van der Waals surface area (Å²) >= 11 is 5.78. The van der Waals surface area contributed by atoms with E-state index in [-0.39, 0.29) is 0 Å². The molecule has 1 aromatic rings. The number of carboxylic acid groups (broad SMARTS) is 1. The van der Waals surface area contributed by atoms with E-state index >= 15 is 0 Å². The SMILES string of the molecule is CC(NC(=O)C(C)Oc1cccc(Cl)c1)C(=O)O. The number of halogens is 1.